The van der Waals surface area contributed by atoms with Gasteiger partial charge in [-0.15, -0.1) is 0 Å². The van der Waals surface area contributed by atoms with E-state index in [1.165, 1.54) is 12.8 Å². The second-order valence-corrected chi connectivity index (χ2v) is 6.82. The summed E-state index contributed by atoms with van der Waals surface area (Å²) in [7, 11) is 0.652. The minimum absolute atomic E-state index is 0.194. The monoisotopic (exact) mass is 281 g/mol. The normalized spacial score (nSPS) is 25.6. The molecule has 1 aliphatic rings. The van der Waals surface area contributed by atoms with Crippen molar-refractivity contribution >= 4 is 10.8 Å². The maximum absolute atomic E-state index is 12.8. The van der Waals surface area contributed by atoms with Crippen molar-refractivity contribution in [3.8, 4) is 5.75 Å². The van der Waals surface area contributed by atoms with Gasteiger partial charge in [0.15, 0.2) is 0 Å². The van der Waals surface area contributed by atoms with E-state index in [1.54, 1.807) is 7.11 Å². The van der Waals surface area contributed by atoms with Gasteiger partial charge in [-0.3, -0.25) is 4.21 Å². The van der Waals surface area contributed by atoms with Crippen LogP contribution in [0.5, 0.6) is 5.75 Å². The fourth-order valence-corrected chi connectivity index (χ4v) is 4.58. The molecule has 1 aromatic carbocycles. The molecule has 3 unspecified atom stereocenters. The molecule has 1 fully saturated rings. The quantitative estimate of drug-likeness (QED) is 0.863. The van der Waals surface area contributed by atoms with Crippen molar-refractivity contribution < 1.29 is 8.95 Å². The van der Waals surface area contributed by atoms with Gasteiger partial charge in [0.05, 0.1) is 17.9 Å². The van der Waals surface area contributed by atoms with Gasteiger partial charge in [-0.2, -0.15) is 0 Å². The molecule has 0 heterocycles. The van der Waals surface area contributed by atoms with Crippen LogP contribution in [0, 0.1) is 5.92 Å². The number of nitrogens with two attached hydrogens (primary N) is 1. The van der Waals surface area contributed by atoms with Crippen molar-refractivity contribution in [1.29, 1.82) is 0 Å². The predicted octanol–water partition coefficient (Wildman–Crippen LogP) is 2.71. The Bertz CT molecular complexity index is 436. The summed E-state index contributed by atoms with van der Waals surface area (Å²) in [5, 5.41) is 0.194. The van der Waals surface area contributed by atoms with E-state index in [9.17, 15) is 4.21 Å². The van der Waals surface area contributed by atoms with Crippen LogP contribution in [0.15, 0.2) is 29.2 Å². The number of methoxy groups -OCH3 is 1. The molecule has 1 saturated carbocycles. The number of benzene rings is 1. The van der Waals surface area contributed by atoms with Gasteiger partial charge in [-0.05, 0) is 43.5 Å². The van der Waals surface area contributed by atoms with Gasteiger partial charge in [0, 0.05) is 10.1 Å². The lowest BCUT2D eigenvalue weighted by atomic mass is 10.0. The van der Waals surface area contributed by atoms with E-state index in [0.29, 0.717) is 12.5 Å². The molecule has 2 N–H and O–H groups in total. The Kier molecular flexibility index (Phi) is 5.40. The SMILES string of the molecule is COc1cccc(S(=O)C2CCCCCC2CN)c1. The topological polar surface area (TPSA) is 52.3 Å². The van der Waals surface area contributed by atoms with Crippen molar-refractivity contribution in [2.45, 2.75) is 42.2 Å². The first-order chi connectivity index (χ1) is 9.26. The maximum atomic E-state index is 12.8. The molecule has 19 heavy (non-hydrogen) atoms. The summed E-state index contributed by atoms with van der Waals surface area (Å²) in [6.45, 7) is 0.639. The van der Waals surface area contributed by atoms with Gasteiger partial charge >= 0.3 is 0 Å². The molecule has 4 heteroatoms. The molecule has 0 bridgehead atoms. The van der Waals surface area contributed by atoms with Crippen LogP contribution in [-0.2, 0) is 10.8 Å². The average Bonchev–Trinajstić information content (AvgIpc) is 2.71. The first-order valence-corrected chi connectivity index (χ1v) is 8.22. The molecule has 0 aromatic heterocycles. The second-order valence-electron chi connectivity index (χ2n) is 5.15. The van der Waals surface area contributed by atoms with Crippen molar-refractivity contribution in [3.63, 3.8) is 0 Å². The molecule has 0 amide bonds. The Hall–Kier alpha value is -0.870. The Morgan fingerprint density at radius 1 is 1.32 bits per heavy atom. The molecular formula is C15H23NO2S. The summed E-state index contributed by atoms with van der Waals surface area (Å²) in [4.78, 5) is 0.865. The minimum atomic E-state index is -0.983. The summed E-state index contributed by atoms with van der Waals surface area (Å²) in [5.74, 6) is 1.15. The van der Waals surface area contributed by atoms with E-state index < -0.39 is 10.8 Å². The Labute approximate surface area is 118 Å². The first kappa shape index (κ1) is 14.5. The zero-order valence-corrected chi connectivity index (χ0v) is 12.3. The maximum Gasteiger partial charge on any atom is 0.120 e. The van der Waals surface area contributed by atoms with Crippen LogP contribution in [0.2, 0.25) is 0 Å². The number of rotatable bonds is 4. The second kappa shape index (κ2) is 7.06. The van der Waals surface area contributed by atoms with E-state index in [1.807, 2.05) is 24.3 Å². The Morgan fingerprint density at radius 2 is 2.11 bits per heavy atom. The fourth-order valence-electron chi connectivity index (χ4n) is 2.80. The van der Waals surface area contributed by atoms with E-state index in [2.05, 4.69) is 0 Å². The Morgan fingerprint density at radius 3 is 2.84 bits per heavy atom. The van der Waals surface area contributed by atoms with Crippen LogP contribution >= 0.6 is 0 Å². The van der Waals surface area contributed by atoms with Gasteiger partial charge in [-0.1, -0.05) is 25.3 Å². The molecule has 3 atom stereocenters. The van der Waals surface area contributed by atoms with E-state index in [0.717, 1.165) is 29.9 Å². The zero-order chi connectivity index (χ0) is 13.7. The van der Waals surface area contributed by atoms with Crippen LogP contribution in [0.4, 0.5) is 0 Å². The van der Waals surface area contributed by atoms with Crippen LogP contribution in [0.25, 0.3) is 0 Å². The average molecular weight is 281 g/mol. The van der Waals surface area contributed by atoms with E-state index >= 15 is 0 Å². The third kappa shape index (κ3) is 3.57. The van der Waals surface area contributed by atoms with Crippen molar-refractivity contribution in [2.75, 3.05) is 13.7 Å². The highest BCUT2D eigenvalue weighted by Crippen LogP contribution is 2.30. The molecule has 0 aliphatic heterocycles. The third-order valence-electron chi connectivity index (χ3n) is 3.94. The van der Waals surface area contributed by atoms with Crippen LogP contribution in [-0.4, -0.2) is 23.1 Å². The zero-order valence-electron chi connectivity index (χ0n) is 11.5. The fraction of sp³-hybridized carbons (Fsp3) is 0.600. The van der Waals surface area contributed by atoms with Gasteiger partial charge in [0.25, 0.3) is 0 Å². The molecule has 0 radical (unpaired) electrons. The first-order valence-electron chi connectivity index (χ1n) is 7.01. The molecule has 2 rings (SSSR count). The third-order valence-corrected chi connectivity index (χ3v) is 5.83. The van der Waals surface area contributed by atoms with E-state index in [4.69, 9.17) is 10.5 Å². The van der Waals surface area contributed by atoms with Gasteiger partial charge in [0.2, 0.25) is 0 Å². The highest BCUT2D eigenvalue weighted by Gasteiger charge is 2.28. The smallest absolute Gasteiger partial charge is 0.120 e. The summed E-state index contributed by atoms with van der Waals surface area (Å²) in [6.07, 6.45) is 5.75. The minimum Gasteiger partial charge on any atom is -0.497 e. The van der Waals surface area contributed by atoms with Gasteiger partial charge in [0.1, 0.15) is 5.75 Å². The standard InChI is InChI=1S/C15H23NO2S/c1-18-13-7-5-8-14(10-13)19(17)15-9-4-2-3-6-12(15)11-16/h5,7-8,10,12,15H,2-4,6,9,11,16H2,1H3. The number of hydrogen-bond donors (Lipinski definition) is 1. The van der Waals surface area contributed by atoms with E-state index in [-0.39, 0.29) is 5.25 Å². The molecular weight excluding hydrogens is 258 g/mol. The lowest BCUT2D eigenvalue weighted by Gasteiger charge is -2.23. The molecule has 0 saturated heterocycles. The summed E-state index contributed by atoms with van der Waals surface area (Å²) in [6, 6.07) is 7.60. The van der Waals surface area contributed by atoms with Crippen molar-refractivity contribution in [2.24, 2.45) is 11.7 Å². The number of hydrogen-bond acceptors (Lipinski definition) is 3. The van der Waals surface area contributed by atoms with Crippen LogP contribution in [0.3, 0.4) is 0 Å². The summed E-state index contributed by atoms with van der Waals surface area (Å²) in [5.41, 5.74) is 5.88. The van der Waals surface area contributed by atoms with Crippen LogP contribution < -0.4 is 10.5 Å². The summed E-state index contributed by atoms with van der Waals surface area (Å²) >= 11 is 0. The van der Waals surface area contributed by atoms with Crippen LogP contribution in [0.1, 0.15) is 32.1 Å². The predicted molar refractivity (Wildman–Crippen MR) is 78.8 cm³/mol. The highest BCUT2D eigenvalue weighted by atomic mass is 32.2. The molecule has 0 spiro atoms. The highest BCUT2D eigenvalue weighted by molar-refractivity contribution is 7.85. The van der Waals surface area contributed by atoms with Crippen molar-refractivity contribution in [3.05, 3.63) is 24.3 Å². The molecule has 106 valence electrons. The summed E-state index contributed by atoms with van der Waals surface area (Å²) < 4.78 is 18.0. The van der Waals surface area contributed by atoms with Crippen molar-refractivity contribution in [1.82, 2.24) is 0 Å². The largest absolute Gasteiger partial charge is 0.497 e. The lowest BCUT2D eigenvalue weighted by Crippen LogP contribution is -2.30. The van der Waals surface area contributed by atoms with Gasteiger partial charge < -0.3 is 10.5 Å². The van der Waals surface area contributed by atoms with Gasteiger partial charge in [-0.25, -0.2) is 0 Å². The molecule has 3 nitrogen and oxygen atoms in total. The molecule has 1 aromatic rings. The Balaban J connectivity index is 2.20. The number of ether oxygens (including phenoxy) is 1. The lowest BCUT2D eigenvalue weighted by molar-refractivity contribution is 0.413. The molecule has 1 aliphatic carbocycles.